The summed E-state index contributed by atoms with van der Waals surface area (Å²) in [6, 6.07) is 13.3. The van der Waals surface area contributed by atoms with Gasteiger partial charge in [-0.25, -0.2) is 0 Å². The standard InChI is InChI=1S/C27H35NO6.H2/c1-19-4-3-12-28(19)18-21(27(30)20-5-10-25-26(17-20)34-15-14-33-25)16-22(29)11-13-32-24-8-6-23(31-2)7-9-24;/h5-10,17,19,21,27,30H,3-4,11-16,18H2,1-2H3;1H/t19-,21+,27-;/m0./s1. The van der Waals surface area contributed by atoms with Crippen molar-refractivity contribution in [3.63, 3.8) is 0 Å². The minimum Gasteiger partial charge on any atom is -0.497 e. The molecule has 0 amide bonds. The molecule has 0 aromatic heterocycles. The summed E-state index contributed by atoms with van der Waals surface area (Å²) in [4.78, 5) is 15.3. The maximum absolute atomic E-state index is 12.9. The molecular formula is C27H37NO6. The molecule has 2 aromatic rings. The van der Waals surface area contributed by atoms with Gasteiger partial charge < -0.3 is 29.0 Å². The summed E-state index contributed by atoms with van der Waals surface area (Å²) in [5.74, 6) is 2.68. The number of likely N-dealkylation sites (tertiary alicyclic amines) is 1. The van der Waals surface area contributed by atoms with E-state index in [2.05, 4.69) is 11.8 Å². The molecule has 34 heavy (non-hydrogen) atoms. The van der Waals surface area contributed by atoms with Crippen LogP contribution in [0.2, 0.25) is 0 Å². The van der Waals surface area contributed by atoms with Crippen LogP contribution in [-0.2, 0) is 4.79 Å². The van der Waals surface area contributed by atoms with E-state index in [0.717, 1.165) is 30.7 Å². The van der Waals surface area contributed by atoms with Gasteiger partial charge in [-0.05, 0) is 68.3 Å². The smallest absolute Gasteiger partial charge is 0.161 e. The molecule has 0 aliphatic carbocycles. The largest absolute Gasteiger partial charge is 0.497 e. The van der Waals surface area contributed by atoms with Gasteiger partial charge in [0.2, 0.25) is 0 Å². The number of benzene rings is 2. The van der Waals surface area contributed by atoms with Crippen molar-refractivity contribution in [1.29, 1.82) is 0 Å². The number of rotatable bonds is 11. The highest BCUT2D eigenvalue weighted by molar-refractivity contribution is 5.78. The number of ketones is 1. The Balaban J connectivity index is 0.00000342. The number of hydrogen-bond acceptors (Lipinski definition) is 7. The zero-order valence-corrected chi connectivity index (χ0v) is 20.1. The normalized spacial score (nSPS) is 19.4. The Morgan fingerprint density at radius 2 is 1.88 bits per heavy atom. The van der Waals surface area contributed by atoms with Crippen molar-refractivity contribution in [2.45, 2.75) is 44.8 Å². The van der Waals surface area contributed by atoms with Gasteiger partial charge in [0, 0.05) is 32.8 Å². The van der Waals surface area contributed by atoms with E-state index in [1.54, 1.807) is 7.11 Å². The molecular weight excluding hydrogens is 434 g/mol. The molecule has 1 fully saturated rings. The number of aliphatic hydroxyl groups is 1. The third-order valence-corrected chi connectivity index (χ3v) is 6.71. The molecule has 2 heterocycles. The molecule has 2 aliphatic rings. The van der Waals surface area contributed by atoms with Gasteiger partial charge in [0.25, 0.3) is 0 Å². The SMILES string of the molecule is COc1ccc(OCCC(=O)C[C@H](CN2CCC[C@@H]2C)[C@@H](O)c2ccc3c(c2)OCCO3)cc1.[HH]. The summed E-state index contributed by atoms with van der Waals surface area (Å²) >= 11 is 0. The van der Waals surface area contributed by atoms with Crippen molar-refractivity contribution < 1.29 is 30.3 Å². The first-order valence-corrected chi connectivity index (χ1v) is 12.1. The Bertz CT molecular complexity index is 953. The highest BCUT2D eigenvalue weighted by atomic mass is 16.6. The molecule has 1 N–H and O–H groups in total. The predicted octanol–water partition coefficient (Wildman–Crippen LogP) is 4.27. The number of carbonyl (C=O) groups excluding carboxylic acids is 1. The first kappa shape index (κ1) is 24.4. The zero-order chi connectivity index (χ0) is 23.9. The number of nitrogens with zero attached hydrogens (tertiary/aromatic N) is 1. The van der Waals surface area contributed by atoms with E-state index < -0.39 is 6.10 Å². The van der Waals surface area contributed by atoms with E-state index in [1.165, 1.54) is 0 Å². The van der Waals surface area contributed by atoms with Crippen LogP contribution in [0.15, 0.2) is 42.5 Å². The van der Waals surface area contributed by atoms with Crippen LogP contribution in [0, 0.1) is 5.92 Å². The van der Waals surface area contributed by atoms with Crippen LogP contribution in [-0.4, -0.2) is 61.9 Å². The van der Waals surface area contributed by atoms with Crippen molar-refractivity contribution in [2.24, 2.45) is 5.92 Å². The van der Waals surface area contributed by atoms with Gasteiger partial charge >= 0.3 is 0 Å². The van der Waals surface area contributed by atoms with Crippen LogP contribution in [0.1, 0.15) is 45.7 Å². The summed E-state index contributed by atoms with van der Waals surface area (Å²) in [6.07, 6.45) is 2.13. The molecule has 186 valence electrons. The molecule has 7 nitrogen and oxygen atoms in total. The van der Waals surface area contributed by atoms with E-state index in [9.17, 15) is 9.90 Å². The maximum atomic E-state index is 12.9. The quantitative estimate of drug-likeness (QED) is 0.524. The molecule has 0 saturated carbocycles. The Labute approximate surface area is 203 Å². The lowest BCUT2D eigenvalue weighted by atomic mass is 9.89. The monoisotopic (exact) mass is 471 g/mol. The Hall–Kier alpha value is -2.77. The third-order valence-electron chi connectivity index (χ3n) is 6.71. The van der Waals surface area contributed by atoms with E-state index in [0.29, 0.717) is 62.5 Å². The van der Waals surface area contributed by atoms with Crippen LogP contribution in [0.4, 0.5) is 0 Å². The minimum atomic E-state index is -0.768. The second-order valence-corrected chi connectivity index (χ2v) is 9.11. The first-order valence-electron chi connectivity index (χ1n) is 12.1. The molecule has 0 spiro atoms. The van der Waals surface area contributed by atoms with Crippen molar-refractivity contribution in [2.75, 3.05) is 40.0 Å². The number of Topliss-reactive ketones (excluding diaryl/α,β-unsaturated/α-hetero) is 1. The first-order chi connectivity index (χ1) is 16.5. The Morgan fingerprint density at radius 3 is 2.59 bits per heavy atom. The van der Waals surface area contributed by atoms with Crippen molar-refractivity contribution >= 4 is 5.78 Å². The lowest BCUT2D eigenvalue weighted by Gasteiger charge is -2.30. The molecule has 3 atom stereocenters. The summed E-state index contributed by atoms with van der Waals surface area (Å²) in [5.41, 5.74) is 0.753. The van der Waals surface area contributed by atoms with Crippen molar-refractivity contribution in [1.82, 2.24) is 4.90 Å². The molecule has 2 aromatic carbocycles. The molecule has 0 unspecified atom stereocenters. The van der Waals surface area contributed by atoms with E-state index in [4.69, 9.17) is 18.9 Å². The van der Waals surface area contributed by atoms with Gasteiger partial charge in [-0.3, -0.25) is 4.79 Å². The van der Waals surface area contributed by atoms with Crippen LogP contribution >= 0.6 is 0 Å². The predicted molar refractivity (Wildman–Crippen MR) is 131 cm³/mol. The molecule has 0 radical (unpaired) electrons. The number of ether oxygens (including phenoxy) is 4. The number of fused-ring (bicyclic) bond motifs is 1. The number of hydrogen-bond donors (Lipinski definition) is 1. The van der Waals surface area contributed by atoms with Crippen molar-refractivity contribution in [3.05, 3.63) is 48.0 Å². The molecule has 2 aliphatic heterocycles. The zero-order valence-electron chi connectivity index (χ0n) is 20.1. The highest BCUT2D eigenvalue weighted by Gasteiger charge is 2.30. The average Bonchev–Trinajstić information content (AvgIpc) is 3.27. The fourth-order valence-corrected chi connectivity index (χ4v) is 4.71. The van der Waals surface area contributed by atoms with Gasteiger partial charge in [0.05, 0.1) is 19.8 Å². The Morgan fingerprint density at radius 1 is 1.15 bits per heavy atom. The van der Waals surface area contributed by atoms with Gasteiger partial charge in [0.1, 0.15) is 30.5 Å². The van der Waals surface area contributed by atoms with Crippen LogP contribution < -0.4 is 18.9 Å². The number of aliphatic hydroxyl groups excluding tert-OH is 1. The van der Waals surface area contributed by atoms with Crippen LogP contribution in [0.25, 0.3) is 0 Å². The number of methoxy groups -OCH3 is 1. The van der Waals surface area contributed by atoms with Crippen molar-refractivity contribution in [3.8, 4) is 23.0 Å². The third kappa shape index (κ3) is 6.21. The number of carbonyl (C=O) groups is 1. The minimum absolute atomic E-state index is 0. The van der Waals surface area contributed by atoms with E-state index in [1.807, 2.05) is 42.5 Å². The van der Waals surface area contributed by atoms with Gasteiger partial charge in [-0.15, -0.1) is 0 Å². The average molecular weight is 472 g/mol. The highest BCUT2D eigenvalue weighted by Crippen LogP contribution is 2.36. The van der Waals surface area contributed by atoms with Gasteiger partial charge in [0.15, 0.2) is 11.5 Å². The second-order valence-electron chi connectivity index (χ2n) is 9.11. The molecule has 7 heteroatoms. The molecule has 4 rings (SSSR count). The fraction of sp³-hybridized carbons (Fsp3) is 0.519. The maximum Gasteiger partial charge on any atom is 0.161 e. The summed E-state index contributed by atoms with van der Waals surface area (Å²) < 4.78 is 22.2. The van der Waals surface area contributed by atoms with E-state index >= 15 is 0 Å². The second kappa shape index (κ2) is 11.6. The lowest BCUT2D eigenvalue weighted by Crippen LogP contribution is -2.35. The summed E-state index contributed by atoms with van der Waals surface area (Å²) in [6.45, 7) is 5.22. The van der Waals surface area contributed by atoms with Gasteiger partial charge in [-0.1, -0.05) is 6.07 Å². The lowest BCUT2D eigenvalue weighted by molar-refractivity contribution is -0.121. The Kier molecular flexibility index (Phi) is 8.29. The molecule has 1 saturated heterocycles. The van der Waals surface area contributed by atoms with Crippen LogP contribution in [0.5, 0.6) is 23.0 Å². The summed E-state index contributed by atoms with van der Waals surface area (Å²) in [7, 11) is 1.62. The topological polar surface area (TPSA) is 77.5 Å². The van der Waals surface area contributed by atoms with Crippen LogP contribution in [0.3, 0.4) is 0 Å². The van der Waals surface area contributed by atoms with Gasteiger partial charge in [-0.2, -0.15) is 0 Å². The van der Waals surface area contributed by atoms with E-state index in [-0.39, 0.29) is 13.1 Å². The fourth-order valence-electron chi connectivity index (χ4n) is 4.71. The molecule has 0 bridgehead atoms. The summed E-state index contributed by atoms with van der Waals surface area (Å²) in [5, 5.41) is 11.3.